The molecule has 0 aromatic rings. The third-order valence-electron chi connectivity index (χ3n) is 8.54. The van der Waals surface area contributed by atoms with Crippen LogP contribution in [0.25, 0.3) is 0 Å². The zero-order valence-electron chi connectivity index (χ0n) is 19.0. The van der Waals surface area contributed by atoms with Crippen LogP contribution in [-0.2, 0) is 0 Å². The Balaban J connectivity index is 1.76. The molecular formula is C26H42O3. The van der Waals surface area contributed by atoms with Gasteiger partial charge in [-0.3, -0.25) is 0 Å². The highest BCUT2D eigenvalue weighted by Crippen LogP contribution is 2.62. The molecule has 0 aromatic carbocycles. The number of aliphatic hydroxyl groups is 3. The lowest BCUT2D eigenvalue weighted by molar-refractivity contribution is 0.0435. The Hall–Kier alpha value is -0.900. The maximum absolute atomic E-state index is 10.4. The second-order valence-corrected chi connectivity index (χ2v) is 10.6. The fourth-order valence-electron chi connectivity index (χ4n) is 6.67. The van der Waals surface area contributed by atoms with E-state index in [1.165, 1.54) is 38.5 Å². The molecule has 3 fully saturated rings. The first-order chi connectivity index (χ1) is 13.7. The molecule has 3 aliphatic carbocycles. The summed E-state index contributed by atoms with van der Waals surface area (Å²) < 4.78 is 0. The van der Waals surface area contributed by atoms with Crippen LogP contribution in [0.2, 0.25) is 0 Å². The molecule has 0 radical (unpaired) electrons. The predicted octanol–water partition coefficient (Wildman–Crippen LogP) is 5.32. The molecular weight excluding hydrogens is 360 g/mol. The molecule has 3 saturated carbocycles. The summed E-state index contributed by atoms with van der Waals surface area (Å²) in [5, 5.41) is 29.9. The minimum Gasteiger partial charge on any atom is -0.396 e. The van der Waals surface area contributed by atoms with Crippen molar-refractivity contribution in [3.63, 3.8) is 0 Å². The summed E-state index contributed by atoms with van der Waals surface area (Å²) in [6.45, 7) is 9.84. The highest BCUT2D eigenvalue weighted by atomic mass is 16.3. The van der Waals surface area contributed by atoms with Gasteiger partial charge in [0.2, 0.25) is 0 Å². The lowest BCUT2D eigenvalue weighted by Gasteiger charge is -2.48. The minimum atomic E-state index is -0.632. The van der Waals surface area contributed by atoms with Crippen molar-refractivity contribution in [1.29, 1.82) is 0 Å². The van der Waals surface area contributed by atoms with Crippen molar-refractivity contribution in [2.45, 2.75) is 97.7 Å². The number of hydrogen-bond donors (Lipinski definition) is 3. The van der Waals surface area contributed by atoms with Crippen LogP contribution in [0.4, 0.5) is 0 Å². The normalized spacial score (nSPS) is 40.0. The molecule has 3 aliphatic rings. The Kier molecular flexibility index (Phi) is 7.13. The average molecular weight is 403 g/mol. The molecule has 0 heterocycles. The monoisotopic (exact) mass is 402 g/mol. The van der Waals surface area contributed by atoms with Crippen LogP contribution in [0, 0.1) is 22.7 Å². The van der Waals surface area contributed by atoms with Crippen LogP contribution in [0.15, 0.2) is 34.9 Å². The van der Waals surface area contributed by atoms with E-state index in [1.54, 1.807) is 11.6 Å². The molecule has 0 bridgehead atoms. The second-order valence-electron chi connectivity index (χ2n) is 10.6. The topological polar surface area (TPSA) is 60.7 Å². The Bertz CT molecular complexity index is 655. The van der Waals surface area contributed by atoms with Crippen LogP contribution in [-0.4, -0.2) is 34.1 Å². The highest BCUT2D eigenvalue weighted by molar-refractivity contribution is 5.30. The number of rotatable bonds is 5. The van der Waals surface area contributed by atoms with Gasteiger partial charge >= 0.3 is 0 Å². The summed E-state index contributed by atoms with van der Waals surface area (Å²) >= 11 is 0. The number of hydrogen-bond acceptors (Lipinski definition) is 3. The van der Waals surface area contributed by atoms with Crippen molar-refractivity contribution in [1.82, 2.24) is 0 Å². The largest absolute Gasteiger partial charge is 0.396 e. The summed E-state index contributed by atoms with van der Waals surface area (Å²) in [6, 6.07) is 0. The first-order valence-corrected chi connectivity index (χ1v) is 11.8. The van der Waals surface area contributed by atoms with E-state index in [1.807, 2.05) is 0 Å². The molecule has 164 valence electrons. The van der Waals surface area contributed by atoms with E-state index in [4.69, 9.17) is 5.11 Å². The number of aliphatic hydroxyl groups excluding tert-OH is 3. The Morgan fingerprint density at radius 1 is 1.10 bits per heavy atom. The standard InChI is InChI=1S/C26H42O3/c1-5-25(2,3)24-13-12-21-19(8-6-14-26(21,24)4)11-10-18-16-22(28)20(9-7-15-27)23(29)17-18/h9-11,21-24,27-29H,5-8,12-17H2,1-4H3/b18-10?,19-11+,20-9?/t21?,22-,23?,24?,26?/m1/s1. The van der Waals surface area contributed by atoms with Crippen LogP contribution in [0.1, 0.15) is 85.5 Å². The zero-order valence-corrected chi connectivity index (χ0v) is 19.0. The van der Waals surface area contributed by atoms with Crippen LogP contribution in [0.3, 0.4) is 0 Å². The quantitative estimate of drug-likeness (QED) is 0.546. The molecule has 3 heteroatoms. The van der Waals surface area contributed by atoms with Gasteiger partial charge in [-0.1, -0.05) is 63.5 Å². The molecule has 3 rings (SSSR count). The second kappa shape index (κ2) is 9.08. The smallest absolute Gasteiger partial charge is 0.0812 e. The van der Waals surface area contributed by atoms with Gasteiger partial charge in [0.1, 0.15) is 0 Å². The third-order valence-corrected chi connectivity index (χ3v) is 8.54. The van der Waals surface area contributed by atoms with Crippen molar-refractivity contribution < 1.29 is 15.3 Å². The van der Waals surface area contributed by atoms with Gasteiger partial charge < -0.3 is 15.3 Å². The van der Waals surface area contributed by atoms with Gasteiger partial charge in [0.05, 0.1) is 12.2 Å². The molecule has 0 saturated heterocycles. The van der Waals surface area contributed by atoms with Gasteiger partial charge in [0.25, 0.3) is 0 Å². The van der Waals surface area contributed by atoms with Gasteiger partial charge in [-0.15, -0.1) is 0 Å². The molecule has 0 spiro atoms. The van der Waals surface area contributed by atoms with Crippen molar-refractivity contribution >= 4 is 0 Å². The van der Waals surface area contributed by atoms with Gasteiger partial charge in [0.15, 0.2) is 0 Å². The summed E-state index contributed by atoms with van der Waals surface area (Å²) in [4.78, 5) is 0. The fraction of sp³-hybridized carbons (Fsp3) is 0.769. The van der Waals surface area contributed by atoms with Crippen molar-refractivity contribution in [3.8, 4) is 0 Å². The Morgan fingerprint density at radius 2 is 1.79 bits per heavy atom. The van der Waals surface area contributed by atoms with Gasteiger partial charge in [-0.25, -0.2) is 0 Å². The summed E-state index contributed by atoms with van der Waals surface area (Å²) in [5.41, 5.74) is 4.21. The molecule has 5 atom stereocenters. The van der Waals surface area contributed by atoms with Crippen molar-refractivity contribution in [2.75, 3.05) is 6.61 Å². The van der Waals surface area contributed by atoms with E-state index in [2.05, 4.69) is 39.8 Å². The SMILES string of the molecule is CCC(C)(C)C1CCC2/C(=C/C=C3CC(O)C(=CCCO)[C@H](O)C3)CCCC21C. The lowest BCUT2D eigenvalue weighted by Crippen LogP contribution is -2.39. The van der Waals surface area contributed by atoms with E-state index < -0.39 is 12.2 Å². The lowest BCUT2D eigenvalue weighted by atomic mass is 9.57. The van der Waals surface area contributed by atoms with Gasteiger partial charge in [-0.05, 0) is 79.6 Å². The molecule has 3 N–H and O–H groups in total. The maximum Gasteiger partial charge on any atom is 0.0812 e. The summed E-state index contributed by atoms with van der Waals surface area (Å²) in [5.74, 6) is 1.47. The van der Waals surface area contributed by atoms with E-state index in [0.717, 1.165) is 11.5 Å². The number of fused-ring (bicyclic) bond motifs is 1. The minimum absolute atomic E-state index is 0.0493. The van der Waals surface area contributed by atoms with Crippen molar-refractivity contribution in [3.05, 3.63) is 34.9 Å². The average Bonchev–Trinajstić information content (AvgIpc) is 3.04. The Morgan fingerprint density at radius 3 is 2.41 bits per heavy atom. The van der Waals surface area contributed by atoms with E-state index >= 15 is 0 Å². The molecule has 0 amide bonds. The Labute approximate surface area is 177 Å². The van der Waals surface area contributed by atoms with Crippen LogP contribution >= 0.6 is 0 Å². The van der Waals surface area contributed by atoms with E-state index in [9.17, 15) is 10.2 Å². The molecule has 0 aliphatic heterocycles. The highest BCUT2D eigenvalue weighted by Gasteiger charge is 2.53. The maximum atomic E-state index is 10.4. The van der Waals surface area contributed by atoms with Gasteiger partial charge in [0, 0.05) is 6.61 Å². The van der Waals surface area contributed by atoms with Gasteiger partial charge in [-0.2, -0.15) is 0 Å². The van der Waals surface area contributed by atoms with Crippen LogP contribution in [0.5, 0.6) is 0 Å². The van der Waals surface area contributed by atoms with Crippen molar-refractivity contribution in [2.24, 2.45) is 22.7 Å². The van der Waals surface area contributed by atoms with E-state index in [-0.39, 0.29) is 6.61 Å². The first-order valence-electron chi connectivity index (χ1n) is 11.8. The molecule has 29 heavy (non-hydrogen) atoms. The third kappa shape index (κ3) is 4.57. The summed E-state index contributed by atoms with van der Waals surface area (Å²) in [7, 11) is 0. The fourth-order valence-corrected chi connectivity index (χ4v) is 6.67. The molecule has 0 aromatic heterocycles. The zero-order chi connectivity index (χ0) is 21.2. The summed E-state index contributed by atoms with van der Waals surface area (Å²) in [6.07, 6.45) is 14.4. The van der Waals surface area contributed by atoms with E-state index in [0.29, 0.717) is 41.6 Å². The number of allylic oxidation sites excluding steroid dienone is 3. The van der Waals surface area contributed by atoms with Crippen LogP contribution < -0.4 is 0 Å². The predicted molar refractivity (Wildman–Crippen MR) is 119 cm³/mol. The molecule has 4 unspecified atom stereocenters. The molecule has 3 nitrogen and oxygen atoms in total. The first kappa shape index (κ1) is 22.8.